The molecule has 21 heavy (non-hydrogen) atoms. The number of ether oxygens (including phenoxy) is 1. The average molecular weight is 411 g/mol. The molecule has 5 nitrogen and oxygen atoms in total. The Morgan fingerprint density at radius 1 is 1.38 bits per heavy atom. The number of hydrogen-bond donors (Lipinski definition) is 0. The highest BCUT2D eigenvalue weighted by atomic mass is 127. The quantitative estimate of drug-likeness (QED) is 0.327. The highest BCUT2D eigenvalue weighted by Crippen LogP contribution is 2.39. The number of fused-ring (bicyclic) bond motifs is 1. The van der Waals surface area contributed by atoms with Crippen molar-refractivity contribution in [3.8, 4) is 11.3 Å². The van der Waals surface area contributed by atoms with E-state index in [1.54, 1.807) is 21.0 Å². The van der Waals surface area contributed by atoms with Gasteiger partial charge in [0, 0.05) is 35.5 Å². The summed E-state index contributed by atoms with van der Waals surface area (Å²) in [5.41, 5.74) is 3.21. The first-order valence-corrected chi connectivity index (χ1v) is 7.78. The standard InChI is InChI=1S/C14H10IN3O2S/c1-20-14(19)12-7-9-4-5-11(10-3-2-6-16-8-10)17-13(9)21-18(12)15/h2-8H,1H3. The first kappa shape index (κ1) is 14.3. The Hall–Kier alpha value is -1.61. The van der Waals surface area contributed by atoms with Crippen LogP contribution in [-0.2, 0) is 9.53 Å². The Morgan fingerprint density at radius 2 is 2.24 bits per heavy atom. The van der Waals surface area contributed by atoms with Crippen molar-refractivity contribution in [2.75, 3.05) is 7.11 Å². The van der Waals surface area contributed by atoms with Gasteiger partial charge < -0.3 is 4.74 Å². The molecule has 0 unspecified atom stereocenters. The second-order valence-corrected chi connectivity index (χ2v) is 6.74. The summed E-state index contributed by atoms with van der Waals surface area (Å²) in [6.45, 7) is 0. The summed E-state index contributed by atoms with van der Waals surface area (Å²) in [7, 11) is 1.37. The van der Waals surface area contributed by atoms with Gasteiger partial charge in [0.05, 0.1) is 35.7 Å². The third kappa shape index (κ3) is 2.88. The van der Waals surface area contributed by atoms with Crippen LogP contribution in [0.1, 0.15) is 5.56 Å². The number of hydrogen-bond acceptors (Lipinski definition) is 6. The van der Waals surface area contributed by atoms with Gasteiger partial charge in [-0.2, -0.15) is 0 Å². The molecule has 7 heteroatoms. The second kappa shape index (κ2) is 6.02. The van der Waals surface area contributed by atoms with Crippen molar-refractivity contribution in [3.63, 3.8) is 0 Å². The molecule has 0 radical (unpaired) electrons. The molecule has 3 rings (SSSR count). The van der Waals surface area contributed by atoms with E-state index in [1.165, 1.54) is 19.1 Å². The van der Waals surface area contributed by atoms with Crippen LogP contribution >= 0.6 is 34.8 Å². The minimum Gasteiger partial charge on any atom is -0.464 e. The van der Waals surface area contributed by atoms with Crippen LogP contribution in [-0.4, -0.2) is 25.6 Å². The van der Waals surface area contributed by atoms with Crippen molar-refractivity contribution in [3.05, 3.63) is 47.9 Å². The van der Waals surface area contributed by atoms with Crippen LogP contribution < -0.4 is 0 Å². The van der Waals surface area contributed by atoms with Crippen LogP contribution in [0.3, 0.4) is 0 Å². The second-order valence-electron chi connectivity index (χ2n) is 4.19. The number of esters is 1. The fraction of sp³-hybridized carbons (Fsp3) is 0.0714. The van der Waals surface area contributed by atoms with Gasteiger partial charge in [-0.3, -0.25) is 4.98 Å². The van der Waals surface area contributed by atoms with Crippen molar-refractivity contribution < 1.29 is 9.53 Å². The smallest absolute Gasteiger partial charge is 0.356 e. The Labute approximate surface area is 140 Å². The molecule has 1 aliphatic rings. The zero-order chi connectivity index (χ0) is 14.8. The third-order valence-electron chi connectivity index (χ3n) is 2.89. The van der Waals surface area contributed by atoms with Gasteiger partial charge in [0.25, 0.3) is 0 Å². The van der Waals surface area contributed by atoms with Gasteiger partial charge in [0.1, 0.15) is 10.7 Å². The van der Waals surface area contributed by atoms with Crippen molar-refractivity contribution in [2.45, 2.75) is 5.03 Å². The number of pyridine rings is 2. The summed E-state index contributed by atoms with van der Waals surface area (Å²) in [6, 6.07) is 7.71. The van der Waals surface area contributed by atoms with Gasteiger partial charge in [-0.25, -0.2) is 12.3 Å². The van der Waals surface area contributed by atoms with E-state index in [0.717, 1.165) is 21.8 Å². The van der Waals surface area contributed by atoms with Crippen molar-refractivity contribution >= 4 is 46.9 Å². The zero-order valence-corrected chi connectivity index (χ0v) is 14.0. The molecule has 0 amide bonds. The van der Waals surface area contributed by atoms with E-state index in [4.69, 9.17) is 4.74 Å². The number of carbonyl (C=O) groups excluding carboxylic acids is 1. The lowest BCUT2D eigenvalue weighted by atomic mass is 10.1. The summed E-state index contributed by atoms with van der Waals surface area (Å²) in [5, 5.41) is 0.846. The van der Waals surface area contributed by atoms with Crippen LogP contribution in [0, 0.1) is 0 Å². The number of rotatable bonds is 2. The van der Waals surface area contributed by atoms with E-state index in [-0.39, 0.29) is 5.97 Å². The van der Waals surface area contributed by atoms with E-state index in [2.05, 4.69) is 32.8 Å². The highest BCUT2D eigenvalue weighted by Gasteiger charge is 2.24. The first-order chi connectivity index (χ1) is 10.2. The molecule has 2 aromatic rings. The fourth-order valence-corrected chi connectivity index (χ4v) is 3.51. The summed E-state index contributed by atoms with van der Waals surface area (Å²) in [4.78, 5) is 20.4. The SMILES string of the molecule is COC(=O)C1=Cc2ccc(-c3cccnc3)nc2SN1I. The number of aromatic nitrogens is 2. The van der Waals surface area contributed by atoms with E-state index < -0.39 is 0 Å². The highest BCUT2D eigenvalue weighted by molar-refractivity contribution is 14.1. The molecule has 106 valence electrons. The lowest BCUT2D eigenvalue weighted by molar-refractivity contribution is -0.136. The van der Waals surface area contributed by atoms with Crippen molar-refractivity contribution in [2.24, 2.45) is 0 Å². The number of methoxy groups -OCH3 is 1. The van der Waals surface area contributed by atoms with Crippen LogP contribution in [0.15, 0.2) is 47.4 Å². The molecular formula is C14H10IN3O2S. The lowest BCUT2D eigenvalue weighted by Crippen LogP contribution is -2.17. The molecule has 0 aromatic carbocycles. The van der Waals surface area contributed by atoms with Gasteiger partial charge in [-0.15, -0.1) is 0 Å². The Morgan fingerprint density at radius 3 is 2.95 bits per heavy atom. The van der Waals surface area contributed by atoms with Gasteiger partial charge in [0.2, 0.25) is 0 Å². The van der Waals surface area contributed by atoms with Gasteiger partial charge in [-0.1, -0.05) is 0 Å². The van der Waals surface area contributed by atoms with Crippen LogP contribution in [0.5, 0.6) is 0 Å². The van der Waals surface area contributed by atoms with Gasteiger partial charge in [-0.05, 0) is 30.3 Å². The van der Waals surface area contributed by atoms with E-state index in [1.807, 2.05) is 24.3 Å². The summed E-state index contributed by atoms with van der Waals surface area (Å²) in [6.07, 6.45) is 5.29. The molecule has 0 N–H and O–H groups in total. The van der Waals surface area contributed by atoms with E-state index in [9.17, 15) is 4.79 Å². The minimum absolute atomic E-state index is 0.362. The normalized spacial score (nSPS) is 13.4. The maximum atomic E-state index is 11.7. The summed E-state index contributed by atoms with van der Waals surface area (Å²) < 4.78 is 6.50. The minimum atomic E-state index is -0.362. The Kier molecular flexibility index (Phi) is 4.11. The molecule has 0 bridgehead atoms. The van der Waals surface area contributed by atoms with Gasteiger partial charge >= 0.3 is 5.97 Å². The molecule has 3 heterocycles. The fourth-order valence-electron chi connectivity index (χ4n) is 1.87. The largest absolute Gasteiger partial charge is 0.464 e. The van der Waals surface area contributed by atoms with Gasteiger partial charge in [0.15, 0.2) is 0 Å². The summed E-state index contributed by atoms with van der Waals surface area (Å²) >= 11 is 3.45. The van der Waals surface area contributed by atoms with Crippen LogP contribution in [0.25, 0.3) is 17.3 Å². The molecule has 0 saturated carbocycles. The average Bonchev–Trinajstić information content (AvgIpc) is 2.53. The van der Waals surface area contributed by atoms with Crippen LogP contribution in [0.4, 0.5) is 0 Å². The zero-order valence-electron chi connectivity index (χ0n) is 11.0. The molecule has 0 spiro atoms. The summed E-state index contributed by atoms with van der Waals surface area (Å²) in [5.74, 6) is -0.362. The molecule has 0 aliphatic carbocycles. The van der Waals surface area contributed by atoms with Crippen LogP contribution in [0.2, 0.25) is 0 Å². The maximum Gasteiger partial charge on any atom is 0.356 e. The predicted molar refractivity (Wildman–Crippen MR) is 89.2 cm³/mol. The number of carbonyl (C=O) groups is 1. The molecule has 0 saturated heterocycles. The number of nitrogens with zero attached hydrogens (tertiary/aromatic N) is 3. The van der Waals surface area contributed by atoms with E-state index in [0.29, 0.717) is 5.70 Å². The van der Waals surface area contributed by atoms with Crippen molar-refractivity contribution in [1.82, 2.24) is 12.5 Å². The first-order valence-electron chi connectivity index (χ1n) is 6.04. The van der Waals surface area contributed by atoms with Crippen molar-refractivity contribution in [1.29, 1.82) is 0 Å². The Balaban J connectivity index is 2.01. The monoisotopic (exact) mass is 411 g/mol. The molecule has 0 fully saturated rings. The molecule has 0 atom stereocenters. The van der Waals surface area contributed by atoms with E-state index >= 15 is 0 Å². The predicted octanol–water partition coefficient (Wildman–Crippen LogP) is 3.33. The lowest BCUT2D eigenvalue weighted by Gasteiger charge is -2.22. The topological polar surface area (TPSA) is 55.3 Å². The molecule has 1 aliphatic heterocycles. The number of halogens is 1. The molecular weight excluding hydrogens is 401 g/mol. The third-order valence-corrected chi connectivity index (χ3v) is 4.86. The maximum absolute atomic E-state index is 11.7. The Bertz CT molecular complexity index is 721. The molecule has 2 aromatic heterocycles.